The molecule has 5 nitrogen and oxygen atoms in total. The maximum atomic E-state index is 11.8. The van der Waals surface area contributed by atoms with E-state index in [0.717, 1.165) is 11.0 Å². The Morgan fingerprint density at radius 3 is 2.45 bits per heavy atom. The molecule has 0 fully saturated rings. The van der Waals surface area contributed by atoms with E-state index in [2.05, 4.69) is 30.6 Å². The Hall–Kier alpha value is -1.44. The summed E-state index contributed by atoms with van der Waals surface area (Å²) in [6, 6.07) is 6.80. The third-order valence-corrected chi connectivity index (χ3v) is 3.83. The van der Waals surface area contributed by atoms with Crippen molar-refractivity contribution in [1.29, 1.82) is 0 Å². The van der Waals surface area contributed by atoms with E-state index in [1.807, 2.05) is 0 Å². The van der Waals surface area contributed by atoms with Crippen LogP contribution in [0.1, 0.15) is 5.56 Å². The van der Waals surface area contributed by atoms with Crippen LogP contribution in [0.5, 0.6) is 0 Å². The number of benzene rings is 1. The Morgan fingerprint density at radius 2 is 1.85 bits per heavy atom. The first-order valence-electron chi connectivity index (χ1n) is 5.39. The maximum absolute atomic E-state index is 11.8. The zero-order chi connectivity index (χ0) is 14.6. The third-order valence-electron chi connectivity index (χ3n) is 2.18. The zero-order valence-electron chi connectivity index (χ0n) is 9.99. The van der Waals surface area contributed by atoms with Crippen LogP contribution in [0.25, 0.3) is 6.08 Å². The maximum Gasteiger partial charge on any atom is 0.256 e. The fraction of sp³-hybridized carbons (Fsp3) is 0. The lowest BCUT2D eigenvalue weighted by molar-refractivity contribution is 0.609. The van der Waals surface area contributed by atoms with Crippen LogP contribution < -0.4 is 4.72 Å². The summed E-state index contributed by atoms with van der Waals surface area (Å²) in [5.74, 6) is 0.147. The van der Waals surface area contributed by atoms with Gasteiger partial charge in [0, 0.05) is 5.02 Å². The normalized spacial score (nSPS) is 11.7. The number of hydrogen-bond donors (Lipinski definition) is 1. The van der Waals surface area contributed by atoms with Gasteiger partial charge in [-0.15, -0.1) is 0 Å². The van der Waals surface area contributed by atoms with Crippen molar-refractivity contribution < 1.29 is 8.42 Å². The predicted molar refractivity (Wildman–Crippen MR) is 82.8 cm³/mol. The summed E-state index contributed by atoms with van der Waals surface area (Å²) >= 11 is 8.86. The van der Waals surface area contributed by atoms with E-state index in [0.29, 0.717) is 9.63 Å². The lowest BCUT2D eigenvalue weighted by atomic mass is 10.2. The summed E-state index contributed by atoms with van der Waals surface area (Å²) < 4.78 is 26.5. The number of halogens is 2. The fourth-order valence-electron chi connectivity index (χ4n) is 1.29. The molecule has 1 heterocycles. The molecule has 1 aromatic heterocycles. The van der Waals surface area contributed by atoms with Gasteiger partial charge in [0.05, 0.1) is 17.8 Å². The number of nitrogens with zero attached hydrogens (tertiary/aromatic N) is 2. The predicted octanol–water partition coefficient (Wildman–Crippen LogP) is 3.31. The molecule has 2 aromatic rings. The van der Waals surface area contributed by atoms with Crippen molar-refractivity contribution in [3.8, 4) is 0 Å². The number of nitrogens with one attached hydrogen (secondary N) is 1. The van der Waals surface area contributed by atoms with Gasteiger partial charge in [-0.05, 0) is 39.7 Å². The summed E-state index contributed by atoms with van der Waals surface area (Å²) in [5.41, 5.74) is 0.724. The molecule has 0 spiro atoms. The Labute approximate surface area is 129 Å². The van der Waals surface area contributed by atoms with Crippen molar-refractivity contribution in [2.75, 3.05) is 4.72 Å². The zero-order valence-corrected chi connectivity index (χ0v) is 13.2. The van der Waals surface area contributed by atoms with Crippen molar-refractivity contribution in [3.63, 3.8) is 0 Å². The van der Waals surface area contributed by atoms with E-state index in [1.54, 1.807) is 24.3 Å². The lowest BCUT2D eigenvalue weighted by Crippen LogP contribution is -2.10. The van der Waals surface area contributed by atoms with Crippen LogP contribution in [-0.2, 0) is 10.0 Å². The van der Waals surface area contributed by atoms with E-state index in [-0.39, 0.29) is 5.82 Å². The van der Waals surface area contributed by atoms with E-state index in [9.17, 15) is 8.42 Å². The average molecular weight is 375 g/mol. The smallest absolute Gasteiger partial charge is 0.256 e. The number of aromatic nitrogens is 2. The van der Waals surface area contributed by atoms with Crippen LogP contribution in [0.3, 0.4) is 0 Å². The quantitative estimate of drug-likeness (QED) is 0.891. The van der Waals surface area contributed by atoms with E-state index in [1.165, 1.54) is 18.5 Å². The molecule has 8 heteroatoms. The standard InChI is InChI=1S/C12H9BrClN3O2S/c13-11-7-16-12(8-15-11)17-20(18,19)6-5-9-1-3-10(14)4-2-9/h1-8H,(H,16,17)/b6-5+. The van der Waals surface area contributed by atoms with Crippen LogP contribution in [-0.4, -0.2) is 18.4 Å². The fourth-order valence-corrected chi connectivity index (χ4v) is 2.42. The van der Waals surface area contributed by atoms with Gasteiger partial charge in [0.15, 0.2) is 5.82 Å². The monoisotopic (exact) mass is 373 g/mol. The molecule has 0 bridgehead atoms. The summed E-state index contributed by atoms with van der Waals surface area (Å²) in [7, 11) is -3.64. The van der Waals surface area contributed by atoms with Crippen molar-refractivity contribution in [3.05, 3.63) is 57.3 Å². The SMILES string of the molecule is O=S(=O)(/C=C/c1ccc(Cl)cc1)Nc1cnc(Br)cn1. The van der Waals surface area contributed by atoms with Gasteiger partial charge in [-0.1, -0.05) is 23.7 Å². The second kappa shape index (κ2) is 6.34. The van der Waals surface area contributed by atoms with Crippen LogP contribution in [0.15, 0.2) is 46.7 Å². The summed E-state index contributed by atoms with van der Waals surface area (Å²) in [6.45, 7) is 0. The molecule has 0 radical (unpaired) electrons. The van der Waals surface area contributed by atoms with Crippen molar-refractivity contribution >= 4 is 49.4 Å². The molecule has 2 rings (SSSR count). The molecule has 20 heavy (non-hydrogen) atoms. The van der Waals surface area contributed by atoms with Crippen LogP contribution in [0.4, 0.5) is 5.82 Å². The van der Waals surface area contributed by atoms with Gasteiger partial charge >= 0.3 is 0 Å². The lowest BCUT2D eigenvalue weighted by Gasteiger charge is -2.02. The van der Waals surface area contributed by atoms with Gasteiger partial charge in [0.1, 0.15) is 4.60 Å². The Bertz CT molecular complexity index is 715. The molecule has 0 atom stereocenters. The third kappa shape index (κ3) is 4.59. The molecule has 0 unspecified atom stereocenters. The van der Waals surface area contributed by atoms with Gasteiger partial charge in [0.2, 0.25) is 0 Å². The highest BCUT2D eigenvalue weighted by atomic mass is 79.9. The highest BCUT2D eigenvalue weighted by molar-refractivity contribution is 9.10. The highest BCUT2D eigenvalue weighted by Crippen LogP contribution is 2.12. The molecule has 0 aliphatic rings. The molecule has 0 aliphatic heterocycles. The summed E-state index contributed by atoms with van der Waals surface area (Å²) in [6.07, 6.45) is 4.18. The minimum absolute atomic E-state index is 0.147. The van der Waals surface area contributed by atoms with Crippen molar-refractivity contribution in [2.45, 2.75) is 0 Å². The summed E-state index contributed by atoms with van der Waals surface area (Å²) in [4.78, 5) is 7.76. The first kappa shape index (κ1) is 15.0. The van der Waals surface area contributed by atoms with Crippen LogP contribution >= 0.6 is 27.5 Å². The minimum atomic E-state index is -3.64. The Kier molecular flexibility index (Phi) is 4.74. The number of anilines is 1. The van der Waals surface area contributed by atoms with Crippen molar-refractivity contribution in [1.82, 2.24) is 9.97 Å². The number of sulfonamides is 1. The van der Waals surface area contributed by atoms with E-state index in [4.69, 9.17) is 11.6 Å². The first-order chi connectivity index (χ1) is 9.44. The van der Waals surface area contributed by atoms with Crippen LogP contribution in [0.2, 0.25) is 5.02 Å². The first-order valence-corrected chi connectivity index (χ1v) is 8.10. The van der Waals surface area contributed by atoms with Gasteiger partial charge in [-0.3, -0.25) is 4.72 Å². The number of rotatable bonds is 4. The number of hydrogen-bond acceptors (Lipinski definition) is 4. The molecular formula is C12H9BrClN3O2S. The van der Waals surface area contributed by atoms with Crippen LogP contribution in [0, 0.1) is 0 Å². The second-order valence-corrected chi connectivity index (χ2v) is 6.54. The molecule has 104 valence electrons. The molecule has 1 aromatic carbocycles. The van der Waals surface area contributed by atoms with Gasteiger partial charge < -0.3 is 0 Å². The molecule has 1 N–H and O–H groups in total. The molecule has 0 aliphatic carbocycles. The van der Waals surface area contributed by atoms with E-state index >= 15 is 0 Å². The molecule has 0 saturated carbocycles. The Morgan fingerprint density at radius 1 is 1.15 bits per heavy atom. The second-order valence-electron chi connectivity index (χ2n) is 3.73. The van der Waals surface area contributed by atoms with Crippen molar-refractivity contribution in [2.24, 2.45) is 0 Å². The minimum Gasteiger partial charge on any atom is -0.263 e. The molecule has 0 amide bonds. The van der Waals surface area contributed by atoms with Gasteiger partial charge in [-0.2, -0.15) is 0 Å². The summed E-state index contributed by atoms with van der Waals surface area (Å²) in [5, 5.41) is 1.65. The molecular weight excluding hydrogens is 366 g/mol. The van der Waals surface area contributed by atoms with E-state index < -0.39 is 10.0 Å². The van der Waals surface area contributed by atoms with Gasteiger partial charge in [0.25, 0.3) is 10.0 Å². The highest BCUT2D eigenvalue weighted by Gasteiger charge is 2.06. The largest absolute Gasteiger partial charge is 0.263 e. The average Bonchev–Trinajstić information content (AvgIpc) is 2.41. The Balaban J connectivity index is 2.11. The molecule has 0 saturated heterocycles. The topological polar surface area (TPSA) is 72.0 Å². The van der Waals surface area contributed by atoms with Gasteiger partial charge in [-0.25, -0.2) is 18.4 Å².